The molecule has 10 nitrogen and oxygen atoms in total. The molecular weight excluding hydrogens is 412 g/mol. The van der Waals surface area contributed by atoms with Crippen LogP contribution < -0.4 is 33.0 Å². The van der Waals surface area contributed by atoms with E-state index in [2.05, 4.69) is 21.5 Å². The molecule has 10 heteroatoms. The topological polar surface area (TPSA) is 168 Å². The molecule has 0 aromatic heterocycles. The van der Waals surface area contributed by atoms with E-state index in [1.165, 1.54) is 0 Å². The van der Waals surface area contributed by atoms with Gasteiger partial charge in [0.2, 0.25) is 11.8 Å². The standard InChI is InChI=1S/C22H28N6O4/c1-2-17(23)21(31)27-28-22(32)25-13-19(29)26-18(20(24)30)12-14-8-10-16(11-9-14)15-6-4-3-5-7-15/h3-11,17-18H,2,12-13,23H2,1H3,(H2,24,30)(H,26,29)(H,27,31)(H2,25,28,32)/t17-,18-/m0/s1. The zero-order valence-electron chi connectivity index (χ0n) is 17.8. The summed E-state index contributed by atoms with van der Waals surface area (Å²) in [7, 11) is 0. The van der Waals surface area contributed by atoms with E-state index in [1.807, 2.05) is 54.6 Å². The molecule has 2 aromatic rings. The predicted molar refractivity (Wildman–Crippen MR) is 120 cm³/mol. The van der Waals surface area contributed by atoms with Gasteiger partial charge in [-0.1, -0.05) is 61.5 Å². The largest absolute Gasteiger partial charge is 0.368 e. The Balaban J connectivity index is 1.83. The van der Waals surface area contributed by atoms with Crippen molar-refractivity contribution in [2.75, 3.05) is 6.54 Å². The van der Waals surface area contributed by atoms with Crippen LogP contribution in [0.15, 0.2) is 54.6 Å². The molecule has 0 aliphatic rings. The van der Waals surface area contributed by atoms with Crippen LogP contribution in [0.4, 0.5) is 4.79 Å². The van der Waals surface area contributed by atoms with Crippen LogP contribution in [0.2, 0.25) is 0 Å². The molecule has 0 aliphatic heterocycles. The van der Waals surface area contributed by atoms with Gasteiger partial charge in [-0.25, -0.2) is 10.2 Å². The zero-order valence-corrected chi connectivity index (χ0v) is 17.8. The van der Waals surface area contributed by atoms with Crippen LogP contribution in [-0.2, 0) is 20.8 Å². The lowest BCUT2D eigenvalue weighted by molar-refractivity contribution is -0.126. The molecule has 2 rings (SSSR count). The number of rotatable bonds is 9. The Bertz CT molecular complexity index is 933. The number of carbonyl (C=O) groups excluding carboxylic acids is 4. The van der Waals surface area contributed by atoms with Crippen molar-refractivity contribution in [3.63, 3.8) is 0 Å². The number of primary amides is 1. The van der Waals surface area contributed by atoms with Crippen molar-refractivity contribution in [3.05, 3.63) is 60.2 Å². The van der Waals surface area contributed by atoms with Crippen molar-refractivity contribution in [2.24, 2.45) is 11.5 Å². The van der Waals surface area contributed by atoms with Crippen LogP contribution in [0.1, 0.15) is 18.9 Å². The van der Waals surface area contributed by atoms with E-state index in [9.17, 15) is 19.2 Å². The number of hydrogen-bond acceptors (Lipinski definition) is 5. The third-order valence-corrected chi connectivity index (χ3v) is 4.66. The Morgan fingerprint density at radius 1 is 0.906 bits per heavy atom. The predicted octanol–water partition coefficient (Wildman–Crippen LogP) is -0.0661. The van der Waals surface area contributed by atoms with E-state index in [0.29, 0.717) is 6.42 Å². The van der Waals surface area contributed by atoms with Gasteiger partial charge in [0.05, 0.1) is 12.6 Å². The molecule has 0 spiro atoms. The summed E-state index contributed by atoms with van der Waals surface area (Å²) in [6.07, 6.45) is 0.605. The van der Waals surface area contributed by atoms with Gasteiger partial charge in [0.15, 0.2) is 0 Å². The summed E-state index contributed by atoms with van der Waals surface area (Å²) < 4.78 is 0. The van der Waals surface area contributed by atoms with E-state index < -0.39 is 42.4 Å². The van der Waals surface area contributed by atoms with Crippen molar-refractivity contribution in [1.29, 1.82) is 0 Å². The summed E-state index contributed by atoms with van der Waals surface area (Å²) in [5, 5.41) is 4.75. The van der Waals surface area contributed by atoms with Crippen LogP contribution in [0.5, 0.6) is 0 Å². The molecule has 0 heterocycles. The van der Waals surface area contributed by atoms with Gasteiger partial charge in [-0.05, 0) is 23.1 Å². The Labute approximate surface area is 186 Å². The normalized spacial score (nSPS) is 12.2. The quantitative estimate of drug-likeness (QED) is 0.300. The maximum atomic E-state index is 12.1. The molecule has 0 unspecified atom stereocenters. The van der Waals surface area contributed by atoms with Crippen molar-refractivity contribution >= 4 is 23.8 Å². The maximum absolute atomic E-state index is 12.1. The third kappa shape index (κ3) is 7.73. The first-order valence-electron chi connectivity index (χ1n) is 10.1. The highest BCUT2D eigenvalue weighted by molar-refractivity contribution is 5.90. The monoisotopic (exact) mass is 440 g/mol. The lowest BCUT2D eigenvalue weighted by Crippen LogP contribution is -2.54. The highest BCUT2D eigenvalue weighted by atomic mass is 16.2. The average Bonchev–Trinajstić information content (AvgIpc) is 2.81. The van der Waals surface area contributed by atoms with Gasteiger partial charge in [0.25, 0.3) is 5.91 Å². The van der Waals surface area contributed by atoms with Gasteiger partial charge in [-0.2, -0.15) is 0 Å². The highest BCUT2D eigenvalue weighted by Gasteiger charge is 2.19. The second-order valence-electron chi connectivity index (χ2n) is 7.10. The molecule has 2 atom stereocenters. The summed E-state index contributed by atoms with van der Waals surface area (Å²) in [4.78, 5) is 47.1. The number of amides is 5. The second-order valence-corrected chi connectivity index (χ2v) is 7.10. The van der Waals surface area contributed by atoms with Crippen molar-refractivity contribution in [3.8, 4) is 11.1 Å². The minimum Gasteiger partial charge on any atom is -0.368 e. The zero-order chi connectivity index (χ0) is 23.5. The number of hydrazine groups is 1. The van der Waals surface area contributed by atoms with Crippen LogP contribution in [0, 0.1) is 0 Å². The molecule has 170 valence electrons. The van der Waals surface area contributed by atoms with E-state index in [1.54, 1.807) is 6.92 Å². The molecule has 0 saturated heterocycles. The highest BCUT2D eigenvalue weighted by Crippen LogP contribution is 2.19. The van der Waals surface area contributed by atoms with Crippen LogP contribution in [0.25, 0.3) is 11.1 Å². The molecule has 8 N–H and O–H groups in total. The van der Waals surface area contributed by atoms with E-state index in [-0.39, 0.29) is 6.42 Å². The number of hydrogen-bond donors (Lipinski definition) is 6. The van der Waals surface area contributed by atoms with Gasteiger partial charge < -0.3 is 22.1 Å². The fourth-order valence-electron chi connectivity index (χ4n) is 2.77. The van der Waals surface area contributed by atoms with Gasteiger partial charge in [-0.3, -0.25) is 19.8 Å². The van der Waals surface area contributed by atoms with E-state index in [0.717, 1.165) is 16.7 Å². The molecule has 0 radical (unpaired) electrons. The van der Waals surface area contributed by atoms with Gasteiger partial charge in [0, 0.05) is 6.42 Å². The van der Waals surface area contributed by atoms with Gasteiger partial charge >= 0.3 is 6.03 Å². The van der Waals surface area contributed by atoms with Crippen molar-refractivity contribution < 1.29 is 19.2 Å². The van der Waals surface area contributed by atoms with Gasteiger partial charge in [0.1, 0.15) is 6.04 Å². The minimum absolute atomic E-state index is 0.202. The fraction of sp³-hybridized carbons (Fsp3) is 0.273. The summed E-state index contributed by atoms with van der Waals surface area (Å²) in [6.45, 7) is 1.31. The number of urea groups is 1. The van der Waals surface area contributed by atoms with Crippen molar-refractivity contribution in [2.45, 2.75) is 31.8 Å². The number of benzene rings is 2. The molecule has 0 aliphatic carbocycles. The van der Waals surface area contributed by atoms with E-state index in [4.69, 9.17) is 11.5 Å². The Morgan fingerprint density at radius 3 is 2.12 bits per heavy atom. The lowest BCUT2D eigenvalue weighted by Gasteiger charge is -2.16. The number of nitrogens with one attached hydrogen (secondary N) is 4. The molecule has 32 heavy (non-hydrogen) atoms. The summed E-state index contributed by atoms with van der Waals surface area (Å²) in [6, 6.07) is 14.9. The smallest absolute Gasteiger partial charge is 0.333 e. The van der Waals surface area contributed by atoms with E-state index >= 15 is 0 Å². The van der Waals surface area contributed by atoms with Crippen LogP contribution in [-0.4, -0.2) is 42.4 Å². The molecule has 0 bridgehead atoms. The maximum Gasteiger partial charge on any atom is 0.333 e. The summed E-state index contributed by atoms with van der Waals surface area (Å²) >= 11 is 0. The first-order valence-corrected chi connectivity index (χ1v) is 10.1. The van der Waals surface area contributed by atoms with Crippen LogP contribution >= 0.6 is 0 Å². The fourth-order valence-corrected chi connectivity index (χ4v) is 2.77. The number of carbonyl (C=O) groups is 4. The summed E-state index contributed by atoms with van der Waals surface area (Å²) in [5.41, 5.74) is 18.1. The SMILES string of the molecule is CC[C@H](N)C(=O)NNC(=O)NCC(=O)N[C@@H](Cc1ccc(-c2ccccc2)cc1)C(N)=O. The van der Waals surface area contributed by atoms with Gasteiger partial charge in [-0.15, -0.1) is 0 Å². The second kappa shape index (κ2) is 12.1. The first kappa shape index (κ1) is 24.4. The average molecular weight is 441 g/mol. The molecular formula is C22H28N6O4. The van der Waals surface area contributed by atoms with Crippen molar-refractivity contribution in [1.82, 2.24) is 21.5 Å². The Hall–Kier alpha value is -3.92. The molecule has 5 amide bonds. The summed E-state index contributed by atoms with van der Waals surface area (Å²) in [5.74, 6) is -1.86. The lowest BCUT2D eigenvalue weighted by atomic mass is 10.0. The first-order chi connectivity index (χ1) is 15.3. The minimum atomic E-state index is -0.947. The number of nitrogens with two attached hydrogens (primary N) is 2. The molecule has 0 saturated carbocycles. The van der Waals surface area contributed by atoms with Crippen LogP contribution in [0.3, 0.4) is 0 Å². The molecule has 2 aromatic carbocycles. The Kier molecular flexibility index (Phi) is 9.18. The molecule has 0 fully saturated rings. The third-order valence-electron chi connectivity index (χ3n) is 4.66. The Morgan fingerprint density at radius 2 is 1.53 bits per heavy atom.